The predicted molar refractivity (Wildman–Crippen MR) is 102 cm³/mol. The van der Waals surface area contributed by atoms with Gasteiger partial charge in [0.2, 0.25) is 5.91 Å². The van der Waals surface area contributed by atoms with Crippen LogP contribution in [0, 0.1) is 5.82 Å². The first-order valence-electron chi connectivity index (χ1n) is 9.98. The number of aromatic nitrogens is 1. The van der Waals surface area contributed by atoms with Crippen LogP contribution < -0.4 is 5.32 Å². The second kappa shape index (κ2) is 8.73. The minimum absolute atomic E-state index is 0.0224. The standard InChI is InChI=1S/C21H24FN3O4/c22-16-4-2-1-3-15(16)20(27)23-9-5-19(26)25-10-6-18-17(13-25)24-21(29-18)14-7-11-28-12-8-14/h1-4,14H,5-13H2,(H,23,27). The fourth-order valence-corrected chi connectivity index (χ4v) is 3.73. The van der Waals surface area contributed by atoms with Gasteiger partial charge in [-0.2, -0.15) is 0 Å². The van der Waals surface area contributed by atoms with Gasteiger partial charge in [0.15, 0.2) is 5.89 Å². The second-order valence-corrected chi connectivity index (χ2v) is 7.36. The van der Waals surface area contributed by atoms with Gasteiger partial charge in [-0.05, 0) is 25.0 Å². The summed E-state index contributed by atoms with van der Waals surface area (Å²) in [5.74, 6) is 0.737. The number of hydrogen-bond donors (Lipinski definition) is 1. The van der Waals surface area contributed by atoms with Crippen LogP contribution in [-0.2, 0) is 22.5 Å². The first-order valence-corrected chi connectivity index (χ1v) is 9.98. The molecule has 1 aromatic carbocycles. The van der Waals surface area contributed by atoms with Crippen molar-refractivity contribution in [2.24, 2.45) is 0 Å². The molecule has 1 aromatic heterocycles. The molecule has 0 radical (unpaired) electrons. The lowest BCUT2D eigenvalue weighted by Gasteiger charge is -2.25. The molecule has 2 amide bonds. The molecule has 0 atom stereocenters. The molecule has 3 heterocycles. The van der Waals surface area contributed by atoms with Crippen molar-refractivity contribution >= 4 is 11.8 Å². The van der Waals surface area contributed by atoms with Crippen LogP contribution in [0.5, 0.6) is 0 Å². The van der Waals surface area contributed by atoms with E-state index in [1.807, 2.05) is 0 Å². The topological polar surface area (TPSA) is 84.7 Å². The van der Waals surface area contributed by atoms with Crippen molar-refractivity contribution in [3.63, 3.8) is 0 Å². The minimum Gasteiger partial charge on any atom is -0.445 e. The summed E-state index contributed by atoms with van der Waals surface area (Å²) >= 11 is 0. The molecule has 1 saturated heterocycles. The smallest absolute Gasteiger partial charge is 0.254 e. The zero-order valence-corrected chi connectivity index (χ0v) is 16.2. The first-order chi connectivity index (χ1) is 14.1. The number of nitrogens with one attached hydrogen (secondary N) is 1. The fourth-order valence-electron chi connectivity index (χ4n) is 3.73. The molecular formula is C21H24FN3O4. The van der Waals surface area contributed by atoms with Crippen LogP contribution in [0.25, 0.3) is 0 Å². The quantitative estimate of drug-likeness (QED) is 0.832. The van der Waals surface area contributed by atoms with Crippen molar-refractivity contribution in [2.75, 3.05) is 26.3 Å². The maximum Gasteiger partial charge on any atom is 0.254 e. The van der Waals surface area contributed by atoms with Crippen molar-refractivity contribution < 1.29 is 23.1 Å². The van der Waals surface area contributed by atoms with Crippen LogP contribution in [0.1, 0.15) is 52.9 Å². The number of carbonyl (C=O) groups is 2. The SMILES string of the molecule is O=C(NCCC(=O)N1CCc2oc(C3CCOCC3)nc2C1)c1ccccc1F. The summed E-state index contributed by atoms with van der Waals surface area (Å²) in [5, 5.41) is 2.60. The largest absolute Gasteiger partial charge is 0.445 e. The third-order valence-electron chi connectivity index (χ3n) is 5.41. The lowest BCUT2D eigenvalue weighted by atomic mass is 10.0. The number of rotatable bonds is 5. The maximum atomic E-state index is 13.6. The molecule has 8 heteroatoms. The van der Waals surface area contributed by atoms with Gasteiger partial charge in [0.1, 0.15) is 17.3 Å². The van der Waals surface area contributed by atoms with E-state index in [2.05, 4.69) is 10.3 Å². The van der Waals surface area contributed by atoms with Gasteiger partial charge in [0.25, 0.3) is 5.91 Å². The summed E-state index contributed by atoms with van der Waals surface area (Å²) in [6, 6.07) is 5.77. The zero-order chi connectivity index (χ0) is 20.2. The molecule has 7 nitrogen and oxygen atoms in total. The molecule has 154 valence electrons. The first kappa shape index (κ1) is 19.6. The number of fused-ring (bicyclic) bond motifs is 1. The van der Waals surface area contributed by atoms with E-state index >= 15 is 0 Å². The molecule has 0 aliphatic carbocycles. The summed E-state index contributed by atoms with van der Waals surface area (Å²) in [7, 11) is 0. The zero-order valence-electron chi connectivity index (χ0n) is 16.2. The summed E-state index contributed by atoms with van der Waals surface area (Å²) in [5.41, 5.74) is 0.798. The minimum atomic E-state index is -0.578. The lowest BCUT2D eigenvalue weighted by molar-refractivity contribution is -0.132. The average Bonchev–Trinajstić information content (AvgIpc) is 3.18. The molecule has 0 saturated carbocycles. The van der Waals surface area contributed by atoms with Crippen LogP contribution in [0.4, 0.5) is 4.39 Å². The second-order valence-electron chi connectivity index (χ2n) is 7.36. The monoisotopic (exact) mass is 401 g/mol. The number of amides is 2. The normalized spacial score (nSPS) is 17.1. The van der Waals surface area contributed by atoms with Crippen molar-refractivity contribution in [3.8, 4) is 0 Å². The van der Waals surface area contributed by atoms with Crippen LogP contribution >= 0.6 is 0 Å². The molecule has 2 aliphatic rings. The molecule has 0 unspecified atom stereocenters. The molecule has 2 aliphatic heterocycles. The van der Waals surface area contributed by atoms with Gasteiger partial charge in [-0.25, -0.2) is 9.37 Å². The Morgan fingerprint density at radius 2 is 2.03 bits per heavy atom. The molecule has 0 bridgehead atoms. The Hall–Kier alpha value is -2.74. The van der Waals surface area contributed by atoms with Crippen LogP contribution in [0.2, 0.25) is 0 Å². The number of carbonyl (C=O) groups excluding carboxylic acids is 2. The number of halogens is 1. The highest BCUT2D eigenvalue weighted by molar-refractivity contribution is 5.94. The number of benzene rings is 1. The third kappa shape index (κ3) is 4.48. The van der Waals surface area contributed by atoms with Crippen LogP contribution in [0.15, 0.2) is 28.7 Å². The number of oxazole rings is 1. The van der Waals surface area contributed by atoms with Crippen molar-refractivity contribution in [1.82, 2.24) is 15.2 Å². The summed E-state index contributed by atoms with van der Waals surface area (Å²) < 4.78 is 25.0. The number of hydrogen-bond acceptors (Lipinski definition) is 5. The Bertz CT molecular complexity index is 892. The van der Waals surface area contributed by atoms with Gasteiger partial charge >= 0.3 is 0 Å². The maximum absolute atomic E-state index is 13.6. The molecule has 2 aromatic rings. The van der Waals surface area contributed by atoms with Crippen molar-refractivity contribution in [2.45, 2.75) is 38.1 Å². The predicted octanol–water partition coefficient (Wildman–Crippen LogP) is 2.41. The molecule has 1 fully saturated rings. The van der Waals surface area contributed by atoms with Gasteiger partial charge < -0.3 is 19.4 Å². The highest BCUT2D eigenvalue weighted by Gasteiger charge is 2.28. The van der Waals surface area contributed by atoms with E-state index in [1.165, 1.54) is 18.2 Å². The average molecular weight is 401 g/mol. The van der Waals surface area contributed by atoms with Gasteiger partial charge in [0.05, 0.1) is 12.1 Å². The van der Waals surface area contributed by atoms with E-state index in [1.54, 1.807) is 11.0 Å². The van der Waals surface area contributed by atoms with Crippen LogP contribution in [-0.4, -0.2) is 48.0 Å². The van der Waals surface area contributed by atoms with Crippen LogP contribution in [0.3, 0.4) is 0 Å². The molecular weight excluding hydrogens is 377 g/mol. The lowest BCUT2D eigenvalue weighted by Crippen LogP contribution is -2.38. The van der Waals surface area contributed by atoms with Gasteiger partial charge in [0, 0.05) is 45.1 Å². The van der Waals surface area contributed by atoms with Gasteiger partial charge in [-0.15, -0.1) is 0 Å². The number of nitrogens with zero attached hydrogens (tertiary/aromatic N) is 2. The van der Waals surface area contributed by atoms with E-state index < -0.39 is 11.7 Å². The Morgan fingerprint density at radius 1 is 1.24 bits per heavy atom. The Morgan fingerprint density at radius 3 is 2.83 bits per heavy atom. The molecule has 0 spiro atoms. The number of ether oxygens (including phenoxy) is 1. The highest BCUT2D eigenvalue weighted by Crippen LogP contribution is 2.30. The Kier molecular flexibility index (Phi) is 5.89. The van der Waals surface area contributed by atoms with Crippen molar-refractivity contribution in [1.29, 1.82) is 0 Å². The van der Waals surface area contributed by atoms with Gasteiger partial charge in [-0.1, -0.05) is 12.1 Å². The highest BCUT2D eigenvalue weighted by atomic mass is 19.1. The summed E-state index contributed by atoms with van der Waals surface area (Å²) in [6.07, 6.45) is 2.60. The van der Waals surface area contributed by atoms with E-state index in [-0.39, 0.29) is 30.4 Å². The molecule has 1 N–H and O–H groups in total. The van der Waals surface area contributed by atoms with E-state index in [0.717, 1.165) is 43.4 Å². The molecule has 29 heavy (non-hydrogen) atoms. The van der Waals surface area contributed by atoms with Crippen molar-refractivity contribution in [3.05, 3.63) is 53.0 Å². The fraction of sp³-hybridized carbons (Fsp3) is 0.476. The van der Waals surface area contributed by atoms with E-state index in [0.29, 0.717) is 19.5 Å². The summed E-state index contributed by atoms with van der Waals surface area (Å²) in [6.45, 7) is 2.58. The molecule has 4 rings (SSSR count). The Balaban J connectivity index is 1.29. The Labute approximate surface area is 168 Å². The van der Waals surface area contributed by atoms with Gasteiger partial charge in [-0.3, -0.25) is 9.59 Å². The third-order valence-corrected chi connectivity index (χ3v) is 5.41. The summed E-state index contributed by atoms with van der Waals surface area (Å²) in [4.78, 5) is 30.9. The van der Waals surface area contributed by atoms with E-state index in [4.69, 9.17) is 9.15 Å². The van der Waals surface area contributed by atoms with E-state index in [9.17, 15) is 14.0 Å².